The second-order valence-electron chi connectivity index (χ2n) is 3.55. The molecule has 0 radical (unpaired) electrons. The molecule has 0 bridgehead atoms. The van der Waals surface area contributed by atoms with Gasteiger partial charge in [-0.3, -0.25) is 4.72 Å². The summed E-state index contributed by atoms with van der Waals surface area (Å²) in [6.45, 7) is 0. The molecule has 19 heavy (non-hydrogen) atoms. The topological polar surface area (TPSA) is 59.1 Å². The Balaban J connectivity index is 2.37. The SMILES string of the molecule is O=S(=O)(Nc1ccc(Br)nc1)c1cc(Br)ccc1Br. The Hall–Kier alpha value is -0.440. The number of benzene rings is 1. The minimum Gasteiger partial charge on any atom is -0.278 e. The van der Waals surface area contributed by atoms with Gasteiger partial charge in [0.1, 0.15) is 9.50 Å². The van der Waals surface area contributed by atoms with Crippen molar-refractivity contribution in [3.63, 3.8) is 0 Å². The predicted octanol–water partition coefficient (Wildman–Crippen LogP) is 4.17. The lowest BCUT2D eigenvalue weighted by atomic mass is 10.4. The van der Waals surface area contributed by atoms with Gasteiger partial charge in [-0.15, -0.1) is 0 Å². The van der Waals surface area contributed by atoms with Crippen LogP contribution in [0.3, 0.4) is 0 Å². The number of hydrogen-bond acceptors (Lipinski definition) is 3. The van der Waals surface area contributed by atoms with Crippen LogP contribution in [-0.4, -0.2) is 13.4 Å². The van der Waals surface area contributed by atoms with Gasteiger partial charge in [0.15, 0.2) is 0 Å². The fraction of sp³-hybridized carbons (Fsp3) is 0. The summed E-state index contributed by atoms with van der Waals surface area (Å²) in [5.41, 5.74) is 0.398. The number of anilines is 1. The summed E-state index contributed by atoms with van der Waals surface area (Å²) in [7, 11) is -3.66. The highest BCUT2D eigenvalue weighted by atomic mass is 79.9. The monoisotopic (exact) mass is 468 g/mol. The minimum absolute atomic E-state index is 0.157. The van der Waals surface area contributed by atoms with E-state index in [1.807, 2.05) is 0 Å². The van der Waals surface area contributed by atoms with Crippen molar-refractivity contribution in [1.82, 2.24) is 4.98 Å². The van der Waals surface area contributed by atoms with Crippen molar-refractivity contribution < 1.29 is 8.42 Å². The van der Waals surface area contributed by atoms with Crippen molar-refractivity contribution >= 4 is 63.5 Å². The maximum Gasteiger partial charge on any atom is 0.263 e. The Kier molecular flexibility index (Phi) is 4.65. The second kappa shape index (κ2) is 5.90. The lowest BCUT2D eigenvalue weighted by molar-refractivity contribution is 0.600. The standard InChI is InChI=1S/C11H7Br3N2O2S/c12-7-1-3-9(13)10(5-7)19(17,18)16-8-2-4-11(14)15-6-8/h1-6,16H. The lowest BCUT2D eigenvalue weighted by Crippen LogP contribution is -2.13. The van der Waals surface area contributed by atoms with E-state index in [-0.39, 0.29) is 4.90 Å². The normalized spacial score (nSPS) is 11.3. The third-order valence-electron chi connectivity index (χ3n) is 2.16. The first-order valence-corrected chi connectivity index (χ1v) is 8.84. The van der Waals surface area contributed by atoms with E-state index in [9.17, 15) is 8.42 Å². The average molecular weight is 471 g/mol. The molecule has 0 unspecified atom stereocenters. The zero-order valence-electron chi connectivity index (χ0n) is 9.27. The number of nitrogens with zero attached hydrogens (tertiary/aromatic N) is 1. The number of hydrogen-bond donors (Lipinski definition) is 1. The maximum absolute atomic E-state index is 12.3. The zero-order valence-corrected chi connectivity index (χ0v) is 14.8. The summed E-state index contributed by atoms with van der Waals surface area (Å²) >= 11 is 9.67. The number of sulfonamides is 1. The van der Waals surface area contributed by atoms with Crippen LogP contribution in [0.25, 0.3) is 0 Å². The molecule has 1 heterocycles. The van der Waals surface area contributed by atoms with Crippen LogP contribution in [0.4, 0.5) is 5.69 Å². The van der Waals surface area contributed by atoms with Gasteiger partial charge in [0.2, 0.25) is 0 Å². The Labute approximate surface area is 136 Å². The molecule has 1 aromatic carbocycles. The first kappa shape index (κ1) is 15.0. The number of pyridine rings is 1. The van der Waals surface area contributed by atoms with Crippen LogP contribution in [0.2, 0.25) is 0 Å². The van der Waals surface area contributed by atoms with E-state index < -0.39 is 10.0 Å². The van der Waals surface area contributed by atoms with Gasteiger partial charge in [-0.1, -0.05) is 15.9 Å². The van der Waals surface area contributed by atoms with Crippen LogP contribution in [0.5, 0.6) is 0 Å². The van der Waals surface area contributed by atoms with E-state index in [0.717, 1.165) is 0 Å². The number of aromatic nitrogens is 1. The van der Waals surface area contributed by atoms with Gasteiger partial charge in [-0.05, 0) is 62.2 Å². The molecule has 100 valence electrons. The van der Waals surface area contributed by atoms with Crippen molar-refractivity contribution in [2.24, 2.45) is 0 Å². The fourth-order valence-corrected chi connectivity index (χ4v) is 4.11. The van der Waals surface area contributed by atoms with Crippen LogP contribution in [0.1, 0.15) is 0 Å². The first-order valence-electron chi connectivity index (χ1n) is 4.98. The number of nitrogens with one attached hydrogen (secondary N) is 1. The van der Waals surface area contributed by atoms with E-state index in [2.05, 4.69) is 57.5 Å². The van der Waals surface area contributed by atoms with E-state index in [1.165, 1.54) is 12.3 Å². The molecule has 0 saturated carbocycles. The molecular weight excluding hydrogens is 464 g/mol. The highest BCUT2D eigenvalue weighted by molar-refractivity contribution is 9.11. The van der Waals surface area contributed by atoms with Crippen molar-refractivity contribution in [2.75, 3.05) is 4.72 Å². The summed E-state index contributed by atoms with van der Waals surface area (Å²) in [6, 6.07) is 8.23. The molecule has 0 aliphatic carbocycles. The number of rotatable bonds is 3. The van der Waals surface area contributed by atoms with Gasteiger partial charge in [0.05, 0.1) is 11.9 Å². The molecule has 8 heteroatoms. The average Bonchev–Trinajstić information content (AvgIpc) is 2.35. The molecule has 0 aliphatic heterocycles. The largest absolute Gasteiger partial charge is 0.278 e. The van der Waals surface area contributed by atoms with Crippen LogP contribution in [0, 0.1) is 0 Å². The molecule has 0 atom stereocenters. The molecular formula is C11H7Br3N2O2S. The fourth-order valence-electron chi connectivity index (χ4n) is 1.33. The summed E-state index contributed by atoms with van der Waals surface area (Å²) in [5.74, 6) is 0. The van der Waals surface area contributed by atoms with E-state index in [4.69, 9.17) is 0 Å². The van der Waals surface area contributed by atoms with Crippen molar-refractivity contribution in [1.29, 1.82) is 0 Å². The molecule has 2 aromatic rings. The third kappa shape index (κ3) is 3.77. The van der Waals surface area contributed by atoms with Gasteiger partial charge in [-0.2, -0.15) is 0 Å². The summed E-state index contributed by atoms with van der Waals surface area (Å²) in [5, 5.41) is 0. The highest BCUT2D eigenvalue weighted by Gasteiger charge is 2.18. The minimum atomic E-state index is -3.66. The molecule has 0 fully saturated rings. The quantitative estimate of drug-likeness (QED) is 0.685. The predicted molar refractivity (Wildman–Crippen MR) is 84.6 cm³/mol. The molecule has 1 N–H and O–H groups in total. The Morgan fingerprint density at radius 1 is 1.05 bits per heavy atom. The molecule has 0 saturated heterocycles. The Bertz CT molecular complexity index is 702. The molecule has 4 nitrogen and oxygen atoms in total. The third-order valence-corrected chi connectivity index (χ3v) is 5.50. The van der Waals surface area contributed by atoms with Crippen molar-refractivity contribution in [3.8, 4) is 0 Å². The van der Waals surface area contributed by atoms with E-state index >= 15 is 0 Å². The highest BCUT2D eigenvalue weighted by Crippen LogP contribution is 2.27. The van der Waals surface area contributed by atoms with Gasteiger partial charge in [0, 0.05) is 8.95 Å². The van der Waals surface area contributed by atoms with Crippen LogP contribution in [-0.2, 0) is 10.0 Å². The first-order chi connectivity index (χ1) is 8.88. The maximum atomic E-state index is 12.3. The zero-order chi connectivity index (χ0) is 14.0. The molecule has 0 amide bonds. The second-order valence-corrected chi connectivity index (χ2v) is 7.78. The van der Waals surface area contributed by atoms with Gasteiger partial charge in [-0.25, -0.2) is 13.4 Å². The molecule has 0 spiro atoms. The molecule has 1 aromatic heterocycles. The summed E-state index contributed by atoms with van der Waals surface area (Å²) < 4.78 is 28.8. The van der Waals surface area contributed by atoms with Crippen LogP contribution in [0.15, 0.2) is 55.0 Å². The summed E-state index contributed by atoms with van der Waals surface area (Å²) in [4.78, 5) is 4.12. The van der Waals surface area contributed by atoms with Crippen LogP contribution < -0.4 is 4.72 Å². The Morgan fingerprint density at radius 3 is 2.42 bits per heavy atom. The van der Waals surface area contributed by atoms with Crippen LogP contribution >= 0.6 is 47.8 Å². The lowest BCUT2D eigenvalue weighted by Gasteiger charge is -2.09. The van der Waals surface area contributed by atoms with E-state index in [1.54, 1.807) is 24.3 Å². The molecule has 2 rings (SSSR count). The number of halogens is 3. The van der Waals surface area contributed by atoms with Crippen molar-refractivity contribution in [2.45, 2.75) is 4.90 Å². The van der Waals surface area contributed by atoms with E-state index in [0.29, 0.717) is 19.2 Å². The smallest absolute Gasteiger partial charge is 0.263 e. The summed E-state index contributed by atoms with van der Waals surface area (Å²) in [6.07, 6.45) is 1.44. The van der Waals surface area contributed by atoms with Gasteiger partial charge >= 0.3 is 0 Å². The molecule has 0 aliphatic rings. The van der Waals surface area contributed by atoms with Gasteiger partial charge in [0.25, 0.3) is 10.0 Å². The van der Waals surface area contributed by atoms with Crippen molar-refractivity contribution in [3.05, 3.63) is 50.1 Å². The van der Waals surface area contributed by atoms with Gasteiger partial charge < -0.3 is 0 Å². The Morgan fingerprint density at radius 2 is 1.79 bits per heavy atom.